The first-order valence-electron chi connectivity index (χ1n) is 11.7. The molecule has 0 saturated carbocycles. The predicted molar refractivity (Wildman–Crippen MR) is 108 cm³/mol. The van der Waals surface area contributed by atoms with Gasteiger partial charge in [0.2, 0.25) is 0 Å². The van der Waals surface area contributed by atoms with Crippen LogP contribution in [0.2, 0.25) is 0 Å². The molecular formula is C22H10F25NO. The van der Waals surface area contributed by atoms with E-state index in [0.717, 1.165) is 12.1 Å². The Kier molecular flexibility index (Phi) is 9.89. The zero-order valence-corrected chi connectivity index (χ0v) is 22.1. The molecule has 0 spiro atoms. The first kappa shape index (κ1) is 42.1. The molecule has 284 valence electrons. The van der Waals surface area contributed by atoms with E-state index in [4.69, 9.17) is 0 Å². The van der Waals surface area contributed by atoms with Crippen LogP contribution in [0.3, 0.4) is 0 Å². The van der Waals surface area contributed by atoms with E-state index >= 15 is 0 Å². The molecule has 1 aromatic carbocycles. The molecule has 0 bridgehead atoms. The van der Waals surface area contributed by atoms with E-state index in [2.05, 4.69) is 4.84 Å². The molecule has 0 aromatic heterocycles. The highest BCUT2D eigenvalue weighted by Crippen LogP contribution is 2.68. The lowest BCUT2D eigenvalue weighted by atomic mass is 9.84. The second-order valence-corrected chi connectivity index (χ2v) is 9.85. The van der Waals surface area contributed by atoms with Crippen molar-refractivity contribution in [3.63, 3.8) is 0 Å². The number of hydroxylamine groups is 1. The van der Waals surface area contributed by atoms with Crippen LogP contribution in [0, 0.1) is 0 Å². The highest BCUT2D eigenvalue weighted by molar-refractivity contribution is 5.64. The Hall–Kier alpha value is -3.03. The van der Waals surface area contributed by atoms with Crippen LogP contribution in [0.5, 0.6) is 0 Å². The summed E-state index contributed by atoms with van der Waals surface area (Å²) in [6.45, 7) is 0. The van der Waals surface area contributed by atoms with Gasteiger partial charge in [-0.15, -0.1) is 0 Å². The maximum atomic E-state index is 14.3. The fraction of sp³-hybridized carbons (Fsp3) is 0.636. The monoisotopic (exact) mass is 779 g/mol. The highest BCUT2D eigenvalue weighted by atomic mass is 19.4. The average Bonchev–Trinajstić information content (AvgIpc) is 3.39. The van der Waals surface area contributed by atoms with Crippen LogP contribution in [0.25, 0.3) is 5.70 Å². The molecule has 0 saturated heterocycles. The lowest BCUT2D eigenvalue weighted by Gasteiger charge is -2.45. The van der Waals surface area contributed by atoms with Gasteiger partial charge in [0, 0.05) is 0 Å². The minimum Gasteiger partial charge on any atom is -0.268 e. The van der Waals surface area contributed by atoms with Crippen molar-refractivity contribution in [2.75, 3.05) is 0 Å². The lowest BCUT2D eigenvalue weighted by molar-refractivity contribution is -0.482. The molecule has 1 atom stereocenters. The van der Waals surface area contributed by atoms with Gasteiger partial charge in [-0.25, -0.2) is 0 Å². The molecule has 0 radical (unpaired) electrons. The molecule has 1 aromatic rings. The number of alkyl halides is 25. The van der Waals surface area contributed by atoms with Crippen LogP contribution >= 0.6 is 0 Å². The van der Waals surface area contributed by atoms with Gasteiger partial charge in [-0.2, -0.15) is 110 Å². The number of rotatable bonds is 13. The fourth-order valence-corrected chi connectivity index (χ4v) is 3.63. The van der Waals surface area contributed by atoms with Crippen LogP contribution < -0.4 is 5.48 Å². The van der Waals surface area contributed by atoms with E-state index in [0.29, 0.717) is 6.08 Å². The Morgan fingerprint density at radius 3 is 1.06 bits per heavy atom. The van der Waals surface area contributed by atoms with Gasteiger partial charge in [-0.3, -0.25) is 10.3 Å². The number of hydrogen-bond donors (Lipinski definition) is 1. The zero-order chi connectivity index (χ0) is 39.1. The Morgan fingerprint density at radius 2 is 0.735 bits per heavy atom. The number of halogens is 25. The Morgan fingerprint density at radius 1 is 0.429 bits per heavy atom. The summed E-state index contributed by atoms with van der Waals surface area (Å²) in [4.78, 5) is 4.26. The van der Waals surface area contributed by atoms with E-state index in [1.165, 1.54) is 18.2 Å². The zero-order valence-electron chi connectivity index (χ0n) is 22.1. The minimum atomic E-state index is -9.61. The maximum Gasteiger partial charge on any atom is 0.460 e. The molecule has 0 fully saturated rings. The van der Waals surface area contributed by atoms with Gasteiger partial charge in [-0.05, 0) is 11.6 Å². The Balaban J connectivity index is 2.60. The summed E-state index contributed by atoms with van der Waals surface area (Å²) < 4.78 is 340. The predicted octanol–water partition coefficient (Wildman–Crippen LogP) is 9.87. The summed E-state index contributed by atoms with van der Waals surface area (Å²) in [5.74, 6) is -98.6. The second-order valence-electron chi connectivity index (χ2n) is 9.85. The maximum absolute atomic E-state index is 14.3. The molecule has 1 unspecified atom stereocenters. The number of hydrogen-bond acceptors (Lipinski definition) is 2. The first-order valence-corrected chi connectivity index (χ1v) is 11.7. The van der Waals surface area contributed by atoms with Crippen LogP contribution in [0.4, 0.5) is 110 Å². The fourth-order valence-electron chi connectivity index (χ4n) is 3.63. The molecule has 2 rings (SSSR count). The molecule has 0 amide bonds. The second kappa shape index (κ2) is 11.5. The van der Waals surface area contributed by atoms with Crippen LogP contribution in [-0.4, -0.2) is 77.4 Å². The van der Waals surface area contributed by atoms with Gasteiger partial charge in [-0.1, -0.05) is 30.3 Å². The molecule has 1 N–H and O–H groups in total. The smallest absolute Gasteiger partial charge is 0.268 e. The molecule has 1 heterocycles. The van der Waals surface area contributed by atoms with Crippen molar-refractivity contribution >= 4 is 5.70 Å². The first-order chi connectivity index (χ1) is 21.3. The molecule has 2 nitrogen and oxygen atoms in total. The van der Waals surface area contributed by atoms with E-state index in [1.807, 2.05) is 0 Å². The summed E-state index contributed by atoms with van der Waals surface area (Å²) in [6, 6.07) is 6.13. The topological polar surface area (TPSA) is 21.3 Å². The van der Waals surface area contributed by atoms with Crippen LogP contribution in [0.1, 0.15) is 12.0 Å². The third-order valence-corrected chi connectivity index (χ3v) is 6.58. The normalized spacial score (nSPS) is 18.8. The average molecular weight is 779 g/mol. The van der Waals surface area contributed by atoms with Crippen LogP contribution in [0.15, 0.2) is 36.4 Å². The van der Waals surface area contributed by atoms with Crippen LogP contribution in [-0.2, 0) is 4.84 Å². The Labute approximate surface area is 252 Å². The van der Waals surface area contributed by atoms with Gasteiger partial charge in [0.1, 0.15) is 6.10 Å². The van der Waals surface area contributed by atoms with Crippen molar-refractivity contribution in [1.82, 2.24) is 5.48 Å². The van der Waals surface area contributed by atoms with Gasteiger partial charge in [0.15, 0.2) is 0 Å². The third-order valence-electron chi connectivity index (χ3n) is 6.58. The number of benzene rings is 1. The SMILES string of the molecule is FC(F)(F)C(F)(F)C(F)(F)C(F)(F)C(F)(F)C(F)(F)C(F)(F)C(F)(F)C(F)(F)C(F)(F)C(F)(F)C(F)(F)CC1C=C(c2ccccc2)NO1. The van der Waals surface area contributed by atoms with E-state index in [1.54, 1.807) is 5.48 Å². The van der Waals surface area contributed by atoms with Crippen molar-refractivity contribution in [3.05, 3.63) is 42.0 Å². The largest absolute Gasteiger partial charge is 0.460 e. The summed E-state index contributed by atoms with van der Waals surface area (Å²) in [5.41, 5.74) is 1.25. The molecule has 1 aliphatic rings. The molecular weight excluding hydrogens is 769 g/mol. The summed E-state index contributed by atoms with van der Waals surface area (Å²) >= 11 is 0. The molecule has 27 heteroatoms. The standard InChI is InChI=1S/C22H10F25NO/c23-11(24,7-9-6-10(48-49-9)8-4-2-1-3-5-8)12(25,26)13(27,28)14(29,30)15(31,32)16(33,34)17(35,36)18(37,38)19(39,40)20(41,42)21(43,44)22(45,46)47/h1-6,9,48H,7H2. The van der Waals surface area contributed by atoms with Crippen molar-refractivity contribution in [2.45, 2.75) is 83.8 Å². The van der Waals surface area contributed by atoms with Crippen molar-refractivity contribution in [2.24, 2.45) is 0 Å². The van der Waals surface area contributed by atoms with Crippen molar-refractivity contribution in [3.8, 4) is 0 Å². The molecule has 0 aliphatic carbocycles. The molecule has 49 heavy (non-hydrogen) atoms. The molecule has 1 aliphatic heterocycles. The van der Waals surface area contributed by atoms with Gasteiger partial charge in [0.25, 0.3) is 0 Å². The van der Waals surface area contributed by atoms with E-state index < -0.39 is 89.5 Å². The third kappa shape index (κ3) is 5.58. The van der Waals surface area contributed by atoms with E-state index in [9.17, 15) is 110 Å². The number of nitrogens with one attached hydrogen (secondary N) is 1. The summed E-state index contributed by atoms with van der Waals surface area (Å²) in [7, 11) is 0. The summed E-state index contributed by atoms with van der Waals surface area (Å²) in [6.07, 6.45) is -13.5. The van der Waals surface area contributed by atoms with E-state index in [-0.39, 0.29) is 5.56 Å². The van der Waals surface area contributed by atoms with Gasteiger partial charge >= 0.3 is 71.3 Å². The van der Waals surface area contributed by atoms with Gasteiger partial charge < -0.3 is 0 Å². The minimum absolute atomic E-state index is 0.0398. The van der Waals surface area contributed by atoms with Gasteiger partial charge in [0.05, 0.1) is 12.1 Å². The van der Waals surface area contributed by atoms with Crippen molar-refractivity contribution in [1.29, 1.82) is 0 Å². The summed E-state index contributed by atoms with van der Waals surface area (Å²) in [5, 5.41) is 0. The Bertz CT molecular complexity index is 1380. The quantitative estimate of drug-likeness (QED) is 0.202. The van der Waals surface area contributed by atoms with Crippen molar-refractivity contribution < 1.29 is 115 Å². The lowest BCUT2D eigenvalue weighted by Crippen LogP contribution is -2.78. The highest BCUT2D eigenvalue weighted by Gasteiger charge is 2.99.